The Labute approximate surface area is 124 Å². The van der Waals surface area contributed by atoms with Crippen molar-refractivity contribution in [1.29, 1.82) is 0 Å². The average molecular weight is 311 g/mol. The highest BCUT2D eigenvalue weighted by Gasteiger charge is 2.17. The van der Waals surface area contributed by atoms with Gasteiger partial charge < -0.3 is 14.8 Å². The van der Waals surface area contributed by atoms with Crippen LogP contribution in [0.2, 0.25) is 5.02 Å². The zero-order valence-electron chi connectivity index (χ0n) is 10.6. The first-order valence-electron chi connectivity index (χ1n) is 5.96. The number of aromatic nitrogens is 1. The first-order valence-corrected chi connectivity index (χ1v) is 7.22. The van der Waals surface area contributed by atoms with E-state index in [1.54, 1.807) is 6.07 Å². The predicted octanol–water partition coefficient (Wildman–Crippen LogP) is 3.19. The second-order valence-corrected chi connectivity index (χ2v) is 5.46. The van der Waals surface area contributed by atoms with E-state index < -0.39 is 0 Å². The van der Waals surface area contributed by atoms with Crippen LogP contribution in [0.3, 0.4) is 0 Å². The van der Waals surface area contributed by atoms with E-state index in [0.717, 1.165) is 5.56 Å². The topological polar surface area (TPSA) is 60.5 Å². The molecule has 2 heterocycles. The van der Waals surface area contributed by atoms with Crippen LogP contribution in [0.25, 0.3) is 11.3 Å². The van der Waals surface area contributed by atoms with E-state index in [2.05, 4.69) is 10.3 Å². The fourth-order valence-electron chi connectivity index (χ4n) is 1.87. The van der Waals surface area contributed by atoms with Crippen LogP contribution in [0.1, 0.15) is 6.92 Å². The van der Waals surface area contributed by atoms with Gasteiger partial charge in [-0.15, -0.1) is 11.3 Å². The van der Waals surface area contributed by atoms with Crippen molar-refractivity contribution in [3.8, 4) is 22.8 Å². The number of anilines is 1. The third-order valence-corrected chi connectivity index (χ3v) is 3.77. The Kier molecular flexibility index (Phi) is 3.50. The van der Waals surface area contributed by atoms with Crippen molar-refractivity contribution < 1.29 is 14.3 Å². The van der Waals surface area contributed by atoms with Gasteiger partial charge in [0.05, 0.1) is 10.7 Å². The molecule has 7 heteroatoms. The third kappa shape index (κ3) is 2.57. The van der Waals surface area contributed by atoms with Gasteiger partial charge in [0.1, 0.15) is 13.2 Å². The van der Waals surface area contributed by atoms with Crippen molar-refractivity contribution in [3.63, 3.8) is 0 Å². The maximum absolute atomic E-state index is 11.0. The number of hydrogen-bond donors (Lipinski definition) is 1. The molecule has 104 valence electrons. The molecule has 3 rings (SSSR count). The zero-order chi connectivity index (χ0) is 14.1. The third-order valence-electron chi connectivity index (χ3n) is 2.69. The van der Waals surface area contributed by atoms with Gasteiger partial charge >= 0.3 is 0 Å². The quantitative estimate of drug-likeness (QED) is 0.925. The first-order chi connectivity index (χ1) is 9.63. The van der Waals surface area contributed by atoms with Crippen LogP contribution >= 0.6 is 22.9 Å². The van der Waals surface area contributed by atoms with Crippen LogP contribution in [-0.2, 0) is 4.79 Å². The van der Waals surface area contributed by atoms with E-state index in [4.69, 9.17) is 21.1 Å². The molecular weight excluding hydrogens is 300 g/mol. The minimum absolute atomic E-state index is 0.154. The molecule has 0 saturated carbocycles. The summed E-state index contributed by atoms with van der Waals surface area (Å²) in [6, 6.07) is 3.53. The van der Waals surface area contributed by atoms with E-state index in [9.17, 15) is 4.79 Å². The molecule has 5 nitrogen and oxygen atoms in total. The van der Waals surface area contributed by atoms with Gasteiger partial charge in [-0.2, -0.15) is 0 Å². The first kappa shape index (κ1) is 13.2. The summed E-state index contributed by atoms with van der Waals surface area (Å²) >= 11 is 7.60. The van der Waals surface area contributed by atoms with E-state index in [0.29, 0.717) is 40.6 Å². The van der Waals surface area contributed by atoms with Gasteiger partial charge in [0, 0.05) is 23.9 Å². The van der Waals surface area contributed by atoms with Crippen LogP contribution in [-0.4, -0.2) is 24.1 Å². The highest BCUT2D eigenvalue weighted by molar-refractivity contribution is 7.14. The zero-order valence-corrected chi connectivity index (χ0v) is 12.2. The number of ether oxygens (including phenoxy) is 2. The number of fused-ring (bicyclic) bond motifs is 1. The van der Waals surface area contributed by atoms with E-state index in [-0.39, 0.29) is 5.91 Å². The summed E-state index contributed by atoms with van der Waals surface area (Å²) in [5.41, 5.74) is 1.45. The van der Waals surface area contributed by atoms with Crippen LogP contribution < -0.4 is 14.8 Å². The lowest BCUT2D eigenvalue weighted by Crippen LogP contribution is -2.15. The van der Waals surface area contributed by atoms with Crippen molar-refractivity contribution in [2.45, 2.75) is 6.92 Å². The largest absolute Gasteiger partial charge is 0.486 e. The molecule has 0 saturated heterocycles. The SMILES string of the molecule is CC(=O)Nc1nc(-c2cc3c(cc2Cl)OCCO3)cs1. The summed E-state index contributed by atoms with van der Waals surface area (Å²) in [5.74, 6) is 1.14. The molecule has 0 bridgehead atoms. The number of nitrogens with zero attached hydrogens (tertiary/aromatic N) is 1. The second-order valence-electron chi connectivity index (χ2n) is 4.19. The lowest BCUT2D eigenvalue weighted by atomic mass is 10.1. The van der Waals surface area contributed by atoms with E-state index in [1.807, 2.05) is 11.4 Å². The van der Waals surface area contributed by atoms with E-state index in [1.165, 1.54) is 18.3 Å². The van der Waals surface area contributed by atoms with Crippen molar-refractivity contribution >= 4 is 34.0 Å². The second kappa shape index (κ2) is 5.30. The molecule has 0 fully saturated rings. The Balaban J connectivity index is 1.97. The van der Waals surface area contributed by atoms with Crippen molar-refractivity contribution in [2.75, 3.05) is 18.5 Å². The molecule has 0 spiro atoms. The fourth-order valence-corrected chi connectivity index (χ4v) is 2.87. The molecule has 0 unspecified atom stereocenters. The molecule has 1 aliphatic heterocycles. The van der Waals surface area contributed by atoms with Crippen LogP contribution in [0.15, 0.2) is 17.5 Å². The van der Waals surface area contributed by atoms with Gasteiger partial charge in [0.2, 0.25) is 5.91 Å². The highest BCUT2D eigenvalue weighted by atomic mass is 35.5. The number of carbonyl (C=O) groups is 1. The monoisotopic (exact) mass is 310 g/mol. The molecule has 0 aliphatic carbocycles. The number of benzene rings is 1. The van der Waals surface area contributed by atoms with Gasteiger partial charge in [-0.05, 0) is 6.07 Å². The maximum Gasteiger partial charge on any atom is 0.223 e. The Bertz CT molecular complexity index is 672. The summed E-state index contributed by atoms with van der Waals surface area (Å²) in [4.78, 5) is 15.3. The number of rotatable bonds is 2. The minimum atomic E-state index is -0.154. The maximum atomic E-state index is 11.0. The van der Waals surface area contributed by atoms with Gasteiger partial charge in [-0.3, -0.25) is 4.79 Å². The average Bonchev–Trinajstić information content (AvgIpc) is 2.85. The summed E-state index contributed by atoms with van der Waals surface area (Å²) in [6.45, 7) is 2.48. The molecule has 2 aromatic rings. The molecule has 1 aromatic carbocycles. The molecule has 1 amide bonds. The Morgan fingerprint density at radius 1 is 1.35 bits per heavy atom. The molecule has 0 atom stereocenters. The smallest absolute Gasteiger partial charge is 0.223 e. The molecule has 0 radical (unpaired) electrons. The number of amides is 1. The van der Waals surface area contributed by atoms with Crippen LogP contribution in [0.4, 0.5) is 5.13 Å². The summed E-state index contributed by atoms with van der Waals surface area (Å²) < 4.78 is 11.0. The van der Waals surface area contributed by atoms with E-state index >= 15 is 0 Å². The predicted molar refractivity (Wildman–Crippen MR) is 77.9 cm³/mol. The molecule has 20 heavy (non-hydrogen) atoms. The standard InChI is InChI=1S/C13H11ClN2O3S/c1-7(17)15-13-16-10(6-20-13)8-4-11-12(5-9(8)14)19-3-2-18-11/h4-6H,2-3H2,1H3,(H,15,16,17). The summed E-state index contributed by atoms with van der Waals surface area (Å²) in [6.07, 6.45) is 0. The fraction of sp³-hybridized carbons (Fsp3) is 0.231. The van der Waals surface area contributed by atoms with Crippen molar-refractivity contribution in [2.24, 2.45) is 0 Å². The summed E-state index contributed by atoms with van der Waals surface area (Å²) in [7, 11) is 0. The van der Waals surface area contributed by atoms with Gasteiger partial charge in [-0.1, -0.05) is 11.6 Å². The van der Waals surface area contributed by atoms with Gasteiger partial charge in [0.15, 0.2) is 16.6 Å². The van der Waals surface area contributed by atoms with Gasteiger partial charge in [-0.25, -0.2) is 4.98 Å². The Morgan fingerprint density at radius 2 is 2.05 bits per heavy atom. The van der Waals surface area contributed by atoms with Crippen molar-refractivity contribution in [3.05, 3.63) is 22.5 Å². The number of nitrogens with one attached hydrogen (secondary N) is 1. The molecular formula is C13H11ClN2O3S. The van der Waals surface area contributed by atoms with Crippen molar-refractivity contribution in [1.82, 2.24) is 4.98 Å². The van der Waals surface area contributed by atoms with Crippen LogP contribution in [0.5, 0.6) is 11.5 Å². The summed E-state index contributed by atoms with van der Waals surface area (Å²) in [5, 5.41) is 5.56. The number of carbonyl (C=O) groups excluding carboxylic acids is 1. The minimum Gasteiger partial charge on any atom is -0.486 e. The molecule has 1 N–H and O–H groups in total. The lowest BCUT2D eigenvalue weighted by molar-refractivity contribution is -0.114. The number of thiazole rings is 1. The number of halogens is 1. The highest BCUT2D eigenvalue weighted by Crippen LogP contribution is 2.40. The Morgan fingerprint density at radius 3 is 2.75 bits per heavy atom. The van der Waals surface area contributed by atoms with Gasteiger partial charge in [0.25, 0.3) is 0 Å². The lowest BCUT2D eigenvalue weighted by Gasteiger charge is -2.19. The van der Waals surface area contributed by atoms with Crippen LogP contribution in [0, 0.1) is 0 Å². The number of hydrogen-bond acceptors (Lipinski definition) is 5. The molecule has 1 aromatic heterocycles. The molecule has 1 aliphatic rings. The normalized spacial score (nSPS) is 13.1. The Hall–Kier alpha value is -1.79.